The summed E-state index contributed by atoms with van der Waals surface area (Å²) in [4.78, 5) is 17.2. The highest BCUT2D eigenvalue weighted by atomic mass is 31.2. The lowest BCUT2D eigenvalue weighted by Gasteiger charge is -2.25. The van der Waals surface area contributed by atoms with Gasteiger partial charge in [-0.15, -0.1) is 5.10 Å². The molecule has 0 aromatic carbocycles. The van der Waals surface area contributed by atoms with Crippen LogP contribution in [0, 0.1) is 0 Å². The fourth-order valence-corrected chi connectivity index (χ4v) is 3.11. The van der Waals surface area contributed by atoms with Crippen molar-refractivity contribution in [3.63, 3.8) is 0 Å². The zero-order valence-electron chi connectivity index (χ0n) is 15.7. The van der Waals surface area contributed by atoms with E-state index in [1.807, 2.05) is 0 Å². The minimum Gasteiger partial charge on any atom is -0.394 e. The van der Waals surface area contributed by atoms with E-state index in [-0.39, 0.29) is 18.7 Å². The van der Waals surface area contributed by atoms with Gasteiger partial charge in [-0.05, 0) is 6.42 Å². The van der Waals surface area contributed by atoms with Gasteiger partial charge in [0.2, 0.25) is 0 Å². The Kier molecular flexibility index (Phi) is 9.23. The monoisotopic (exact) mass is 459 g/mol. The van der Waals surface area contributed by atoms with Gasteiger partial charge in [-0.1, -0.05) is 5.21 Å². The molecule has 0 bridgehead atoms. The second-order valence-corrected chi connectivity index (χ2v) is 7.86. The minimum absolute atomic E-state index is 0.206. The highest BCUT2D eigenvalue weighted by Gasteiger charge is 2.44. The maximum absolute atomic E-state index is 10.6. The molecule has 0 saturated carbocycles. The number of phosphoric acid groups is 1. The average molecular weight is 459 g/mol. The van der Waals surface area contributed by atoms with Crippen LogP contribution in [-0.2, 0) is 25.2 Å². The summed E-state index contributed by atoms with van der Waals surface area (Å²) in [5.41, 5.74) is 0.206. The molecule has 1 fully saturated rings. The largest absolute Gasteiger partial charge is 0.469 e. The number of aliphatic hydroxyl groups excluding tert-OH is 6. The molecular weight excluding hydrogens is 433 g/mol. The highest BCUT2D eigenvalue weighted by Crippen LogP contribution is 2.35. The molecule has 174 valence electrons. The van der Waals surface area contributed by atoms with E-state index in [4.69, 9.17) is 24.4 Å². The number of nitrogens with zero attached hydrogens (tertiary/aromatic N) is 3. The summed E-state index contributed by atoms with van der Waals surface area (Å²) in [7, 11) is -4.71. The summed E-state index contributed by atoms with van der Waals surface area (Å²) in [5.74, 6) is 0. The van der Waals surface area contributed by atoms with Crippen LogP contribution in [0.4, 0.5) is 0 Å². The molecule has 0 amide bonds. The third kappa shape index (κ3) is 6.71. The topological polar surface area (TPSA) is 237 Å². The molecule has 0 aliphatic carbocycles. The van der Waals surface area contributed by atoms with Gasteiger partial charge < -0.3 is 49.9 Å². The SMILES string of the molecule is O=P(O)(O)OCC[C@@H](O)[C@H](O)[C@@H](CO)OCc1cn([C@@H]2O[C@H](CO)[C@@H](O)[C@H]2O)nn1. The van der Waals surface area contributed by atoms with E-state index < -0.39 is 70.5 Å². The lowest BCUT2D eigenvalue weighted by Crippen LogP contribution is -2.41. The van der Waals surface area contributed by atoms with Crippen LogP contribution >= 0.6 is 7.82 Å². The number of aliphatic hydroxyl groups is 6. The van der Waals surface area contributed by atoms with Crippen LogP contribution in [0.2, 0.25) is 0 Å². The second-order valence-electron chi connectivity index (χ2n) is 6.62. The van der Waals surface area contributed by atoms with Crippen LogP contribution in [0.15, 0.2) is 6.20 Å². The Morgan fingerprint density at radius 3 is 2.50 bits per heavy atom. The fraction of sp³-hybridized carbons (Fsp3) is 0.857. The molecule has 2 heterocycles. The lowest BCUT2D eigenvalue weighted by atomic mass is 10.1. The first-order chi connectivity index (χ1) is 14.1. The molecule has 16 heteroatoms. The van der Waals surface area contributed by atoms with Gasteiger partial charge in [0.05, 0.1) is 38.7 Å². The third-order valence-corrected chi connectivity index (χ3v) is 4.93. The first kappa shape index (κ1) is 25.2. The Bertz CT molecular complexity index is 701. The maximum atomic E-state index is 10.6. The molecule has 7 atom stereocenters. The van der Waals surface area contributed by atoms with Crippen LogP contribution < -0.4 is 0 Å². The molecule has 1 aromatic rings. The highest BCUT2D eigenvalue weighted by molar-refractivity contribution is 7.46. The summed E-state index contributed by atoms with van der Waals surface area (Å²) in [5, 5.41) is 65.7. The second kappa shape index (κ2) is 11.0. The van der Waals surface area contributed by atoms with Crippen molar-refractivity contribution in [2.24, 2.45) is 0 Å². The Morgan fingerprint density at radius 1 is 1.23 bits per heavy atom. The van der Waals surface area contributed by atoms with Gasteiger partial charge in [-0.25, -0.2) is 9.25 Å². The maximum Gasteiger partial charge on any atom is 0.469 e. The van der Waals surface area contributed by atoms with Crippen LogP contribution in [-0.4, -0.2) is 112 Å². The molecule has 1 aliphatic rings. The predicted molar refractivity (Wildman–Crippen MR) is 93.3 cm³/mol. The molecule has 1 aliphatic heterocycles. The summed E-state index contributed by atoms with van der Waals surface area (Å²) in [6.07, 6.45) is -8.08. The van der Waals surface area contributed by atoms with Crippen molar-refractivity contribution < 1.29 is 59.0 Å². The van der Waals surface area contributed by atoms with E-state index in [1.54, 1.807) is 0 Å². The van der Waals surface area contributed by atoms with Crippen LogP contribution in [0.1, 0.15) is 18.3 Å². The summed E-state index contributed by atoms with van der Waals surface area (Å²) >= 11 is 0. The molecule has 8 N–H and O–H groups in total. The summed E-state index contributed by atoms with van der Waals surface area (Å²) in [6.45, 7) is -1.97. The molecule has 2 rings (SSSR count). The molecule has 1 saturated heterocycles. The Morgan fingerprint density at radius 2 is 1.93 bits per heavy atom. The number of hydrogen-bond donors (Lipinski definition) is 8. The van der Waals surface area contributed by atoms with Crippen molar-refractivity contribution in [2.45, 2.75) is 55.9 Å². The number of phosphoric ester groups is 1. The van der Waals surface area contributed by atoms with Gasteiger partial charge in [-0.3, -0.25) is 4.52 Å². The standard InChI is InChI=1S/C14H26N3O12P/c18-4-9(11(21)8(20)1-2-28-30(24,25)26)27-6-7-3-17(16-15-7)14-13(23)12(22)10(5-19)29-14/h3,8-14,18-23H,1-2,4-6H2,(H2,24,25,26)/t8-,9-,10-,11+,12-,13-,14-/m1/s1. The van der Waals surface area contributed by atoms with Crippen molar-refractivity contribution in [3.8, 4) is 0 Å². The fourth-order valence-electron chi connectivity index (χ4n) is 2.77. The van der Waals surface area contributed by atoms with Crippen molar-refractivity contribution in [1.82, 2.24) is 15.0 Å². The lowest BCUT2D eigenvalue weighted by molar-refractivity contribution is -0.116. The van der Waals surface area contributed by atoms with E-state index in [1.165, 1.54) is 6.20 Å². The van der Waals surface area contributed by atoms with Crippen molar-refractivity contribution in [2.75, 3.05) is 19.8 Å². The van der Waals surface area contributed by atoms with Gasteiger partial charge in [0, 0.05) is 0 Å². The van der Waals surface area contributed by atoms with Crippen molar-refractivity contribution in [3.05, 3.63) is 11.9 Å². The number of rotatable bonds is 12. The van der Waals surface area contributed by atoms with Gasteiger partial charge in [0.25, 0.3) is 0 Å². The molecule has 15 nitrogen and oxygen atoms in total. The van der Waals surface area contributed by atoms with E-state index in [9.17, 15) is 30.1 Å². The number of ether oxygens (including phenoxy) is 2. The molecule has 1 aromatic heterocycles. The molecular formula is C14H26N3O12P. The summed E-state index contributed by atoms with van der Waals surface area (Å²) < 4.78 is 26.5. The van der Waals surface area contributed by atoms with E-state index in [0.29, 0.717) is 0 Å². The van der Waals surface area contributed by atoms with E-state index in [0.717, 1.165) is 4.68 Å². The Labute approximate surface area is 170 Å². The van der Waals surface area contributed by atoms with Gasteiger partial charge >= 0.3 is 7.82 Å². The van der Waals surface area contributed by atoms with Gasteiger partial charge in [-0.2, -0.15) is 0 Å². The van der Waals surface area contributed by atoms with Crippen molar-refractivity contribution in [1.29, 1.82) is 0 Å². The molecule has 0 unspecified atom stereocenters. The average Bonchev–Trinajstić information content (AvgIpc) is 3.26. The molecule has 0 spiro atoms. The van der Waals surface area contributed by atoms with E-state index in [2.05, 4.69) is 14.8 Å². The zero-order valence-corrected chi connectivity index (χ0v) is 16.5. The first-order valence-corrected chi connectivity index (χ1v) is 10.4. The predicted octanol–water partition coefficient (Wildman–Crippen LogP) is -4.01. The van der Waals surface area contributed by atoms with Crippen LogP contribution in [0.25, 0.3) is 0 Å². The van der Waals surface area contributed by atoms with Crippen molar-refractivity contribution >= 4 is 7.82 Å². The minimum atomic E-state index is -4.71. The first-order valence-electron chi connectivity index (χ1n) is 8.89. The number of aromatic nitrogens is 3. The summed E-state index contributed by atoms with van der Waals surface area (Å²) in [6, 6.07) is 0. The normalized spacial score (nSPS) is 27.9. The van der Waals surface area contributed by atoms with Crippen LogP contribution in [0.3, 0.4) is 0 Å². The molecule has 0 radical (unpaired) electrons. The van der Waals surface area contributed by atoms with E-state index >= 15 is 0 Å². The zero-order chi connectivity index (χ0) is 22.5. The Hall–Kier alpha value is -1.07. The Balaban J connectivity index is 1.87. The third-order valence-electron chi connectivity index (χ3n) is 4.41. The van der Waals surface area contributed by atoms with Gasteiger partial charge in [0.15, 0.2) is 6.23 Å². The van der Waals surface area contributed by atoms with Crippen LogP contribution in [0.5, 0.6) is 0 Å². The smallest absolute Gasteiger partial charge is 0.394 e. The number of hydrogen-bond acceptors (Lipinski definition) is 12. The van der Waals surface area contributed by atoms with Gasteiger partial charge in [0.1, 0.15) is 36.2 Å². The quantitative estimate of drug-likeness (QED) is 0.139. The molecule has 30 heavy (non-hydrogen) atoms.